The number of hydrogen-bond donors (Lipinski definition) is 4. The van der Waals surface area contributed by atoms with Crippen molar-refractivity contribution in [1.82, 2.24) is 19.9 Å². The van der Waals surface area contributed by atoms with E-state index in [1.165, 1.54) is 24.8 Å². The second-order valence-corrected chi connectivity index (χ2v) is 6.66. The normalized spacial score (nSPS) is 10.6. The summed E-state index contributed by atoms with van der Waals surface area (Å²) in [5.41, 5.74) is 8.07. The van der Waals surface area contributed by atoms with Crippen molar-refractivity contribution in [3.05, 3.63) is 58.0 Å². The molecule has 0 aliphatic heterocycles. The van der Waals surface area contributed by atoms with Gasteiger partial charge in [-0.05, 0) is 27.2 Å². The van der Waals surface area contributed by atoms with E-state index in [2.05, 4.69) is 19.9 Å². The van der Waals surface area contributed by atoms with Gasteiger partial charge in [0.2, 0.25) is 0 Å². The molecule has 0 spiro atoms. The van der Waals surface area contributed by atoms with Crippen LogP contribution in [-0.4, -0.2) is 30.1 Å². The molecular weight excluding hydrogens is 374 g/mol. The molecule has 0 bridgehead atoms. The van der Waals surface area contributed by atoms with Crippen LogP contribution < -0.4 is 11.2 Å². The van der Waals surface area contributed by atoms with Crippen molar-refractivity contribution >= 4 is 28.0 Å². The molecule has 0 aliphatic carbocycles. The zero-order valence-electron chi connectivity index (χ0n) is 16.2. The highest BCUT2D eigenvalue weighted by atomic mass is 16.3. The lowest BCUT2D eigenvalue weighted by molar-refractivity contribution is 0.442. The molecule has 0 unspecified atom stereocenters. The molecule has 0 aliphatic rings. The Bertz CT molecular complexity index is 1270. The van der Waals surface area contributed by atoms with E-state index >= 15 is 0 Å². The number of imidazole rings is 1. The van der Waals surface area contributed by atoms with Gasteiger partial charge in [-0.3, -0.25) is 4.79 Å². The molecule has 4 aromatic rings. The molecule has 3 aromatic heterocycles. The van der Waals surface area contributed by atoms with Crippen LogP contribution in [-0.2, 0) is 6.42 Å². The fourth-order valence-corrected chi connectivity index (χ4v) is 2.74. The topological polar surface area (TPSA) is 151 Å². The van der Waals surface area contributed by atoms with Gasteiger partial charge in [0, 0.05) is 17.7 Å². The number of allylic oxidation sites excluding steroid dienone is 2. The van der Waals surface area contributed by atoms with Crippen molar-refractivity contribution in [3.8, 4) is 11.5 Å². The maximum absolute atomic E-state index is 11.9. The molecule has 0 radical (unpaired) electrons. The van der Waals surface area contributed by atoms with Crippen LogP contribution in [0.2, 0.25) is 0 Å². The van der Waals surface area contributed by atoms with Crippen LogP contribution in [0.25, 0.3) is 22.1 Å². The van der Waals surface area contributed by atoms with Gasteiger partial charge in [0.05, 0.1) is 6.33 Å². The van der Waals surface area contributed by atoms with E-state index in [1.54, 1.807) is 6.92 Å². The highest BCUT2D eigenvalue weighted by Gasteiger charge is 2.15. The van der Waals surface area contributed by atoms with Crippen molar-refractivity contribution in [2.75, 3.05) is 5.73 Å². The van der Waals surface area contributed by atoms with Crippen LogP contribution in [0.4, 0.5) is 5.82 Å². The first-order valence-electron chi connectivity index (χ1n) is 8.79. The molecule has 4 rings (SSSR count). The lowest BCUT2D eigenvalue weighted by atomic mass is 10.0. The number of benzene rings is 1. The number of phenolic OH excluding ortho intramolecular Hbond substituents is 2. The van der Waals surface area contributed by atoms with E-state index < -0.39 is 0 Å². The minimum Gasteiger partial charge on any atom is -0.507 e. The number of rotatable bonds is 2. The van der Waals surface area contributed by atoms with Crippen LogP contribution in [0.5, 0.6) is 11.5 Å². The Morgan fingerprint density at radius 1 is 1.24 bits per heavy atom. The van der Waals surface area contributed by atoms with Crippen molar-refractivity contribution in [3.63, 3.8) is 0 Å². The minimum absolute atomic E-state index is 0.0729. The number of fused-ring (bicyclic) bond motifs is 2. The average Bonchev–Trinajstić information content (AvgIpc) is 3.11. The Morgan fingerprint density at radius 3 is 2.69 bits per heavy atom. The van der Waals surface area contributed by atoms with Crippen LogP contribution >= 0.6 is 0 Å². The smallest absolute Gasteiger partial charge is 0.196 e. The average molecular weight is 395 g/mol. The molecule has 0 saturated carbocycles. The summed E-state index contributed by atoms with van der Waals surface area (Å²) >= 11 is 0. The molecule has 150 valence electrons. The number of anilines is 1. The quantitative estimate of drug-likeness (QED) is 0.378. The van der Waals surface area contributed by atoms with Crippen LogP contribution in [0, 0.1) is 6.92 Å². The van der Waals surface area contributed by atoms with E-state index in [0.717, 1.165) is 5.57 Å². The largest absolute Gasteiger partial charge is 0.507 e. The summed E-state index contributed by atoms with van der Waals surface area (Å²) in [5.74, 6) is 0.591. The third kappa shape index (κ3) is 4.18. The van der Waals surface area contributed by atoms with Gasteiger partial charge in [-0.2, -0.15) is 0 Å². The van der Waals surface area contributed by atoms with E-state index in [9.17, 15) is 15.0 Å². The standard InChI is InChI=1S/C15H16O4.C5H5N5/c1-8(2)4-5-10-11(16)7-13-14(15(10)18)12(17)6-9(3)19-13;6-4-3-5(9-1-7-3)10-2-8-4/h4,6-7,16,18H,5H2,1-3H3;1-2H,(H3,6,7,8,9,10). The zero-order valence-corrected chi connectivity index (χ0v) is 16.2. The fraction of sp³-hybridized carbons (Fsp3) is 0.200. The van der Waals surface area contributed by atoms with E-state index in [1.807, 2.05) is 19.9 Å². The second-order valence-electron chi connectivity index (χ2n) is 6.66. The molecule has 0 saturated heterocycles. The minimum atomic E-state index is -0.310. The van der Waals surface area contributed by atoms with Gasteiger partial charge in [0.1, 0.15) is 40.1 Å². The molecule has 5 N–H and O–H groups in total. The first kappa shape index (κ1) is 19.9. The number of aryl methyl sites for hydroxylation is 1. The van der Waals surface area contributed by atoms with Gasteiger partial charge in [0.15, 0.2) is 16.9 Å². The SMILES string of the molecule is CC(C)=CCc1c(O)cc2oc(C)cc(=O)c2c1O.Nc1ncnc2nc[nH]c12. The number of nitrogen functional groups attached to an aromatic ring is 1. The van der Waals surface area contributed by atoms with Gasteiger partial charge in [-0.1, -0.05) is 11.6 Å². The summed E-state index contributed by atoms with van der Waals surface area (Å²) in [6.07, 6.45) is 5.16. The molecule has 9 heteroatoms. The number of aromatic amines is 1. The Hall–Kier alpha value is -3.88. The Balaban J connectivity index is 0.000000200. The third-order valence-electron chi connectivity index (χ3n) is 4.16. The fourth-order valence-electron chi connectivity index (χ4n) is 2.74. The second kappa shape index (κ2) is 8.01. The first-order valence-corrected chi connectivity index (χ1v) is 8.79. The molecule has 0 atom stereocenters. The lowest BCUT2D eigenvalue weighted by Crippen LogP contribution is -2.02. The van der Waals surface area contributed by atoms with E-state index in [-0.39, 0.29) is 27.9 Å². The number of hydrogen-bond acceptors (Lipinski definition) is 8. The number of phenols is 2. The predicted octanol–water partition coefficient (Wildman–Crippen LogP) is 2.96. The molecule has 0 fully saturated rings. The van der Waals surface area contributed by atoms with Gasteiger partial charge in [0.25, 0.3) is 0 Å². The van der Waals surface area contributed by atoms with Crippen molar-refractivity contribution in [1.29, 1.82) is 0 Å². The molecule has 1 aromatic carbocycles. The lowest BCUT2D eigenvalue weighted by Gasteiger charge is -2.08. The number of aromatic hydroxyl groups is 2. The number of nitrogens with two attached hydrogens (primary N) is 1. The highest BCUT2D eigenvalue weighted by molar-refractivity contribution is 5.86. The first-order chi connectivity index (χ1) is 13.8. The monoisotopic (exact) mass is 395 g/mol. The number of nitrogens with zero attached hydrogens (tertiary/aromatic N) is 3. The van der Waals surface area contributed by atoms with Gasteiger partial charge >= 0.3 is 0 Å². The van der Waals surface area contributed by atoms with Gasteiger partial charge in [-0.15, -0.1) is 0 Å². The summed E-state index contributed by atoms with van der Waals surface area (Å²) in [4.78, 5) is 26.3. The van der Waals surface area contributed by atoms with Gasteiger partial charge < -0.3 is 25.3 Å². The number of nitrogens with one attached hydrogen (secondary N) is 1. The summed E-state index contributed by atoms with van der Waals surface area (Å²) in [6.45, 7) is 5.49. The van der Waals surface area contributed by atoms with Crippen molar-refractivity contribution in [2.45, 2.75) is 27.2 Å². The van der Waals surface area contributed by atoms with Crippen LogP contribution in [0.1, 0.15) is 25.2 Å². The number of H-pyrrole nitrogens is 1. The maximum Gasteiger partial charge on any atom is 0.196 e. The summed E-state index contributed by atoms with van der Waals surface area (Å²) in [5, 5.41) is 20.2. The van der Waals surface area contributed by atoms with Crippen LogP contribution in [0.15, 0.2) is 45.6 Å². The molecular formula is C20H21N5O4. The third-order valence-corrected chi connectivity index (χ3v) is 4.16. The molecule has 0 amide bonds. The zero-order chi connectivity index (χ0) is 21.1. The van der Waals surface area contributed by atoms with Crippen molar-refractivity contribution in [2.24, 2.45) is 0 Å². The molecule has 9 nitrogen and oxygen atoms in total. The van der Waals surface area contributed by atoms with Gasteiger partial charge in [-0.25, -0.2) is 15.0 Å². The predicted molar refractivity (Wildman–Crippen MR) is 110 cm³/mol. The van der Waals surface area contributed by atoms with Crippen LogP contribution in [0.3, 0.4) is 0 Å². The number of aromatic nitrogens is 4. The Labute approximate surface area is 165 Å². The molecule has 29 heavy (non-hydrogen) atoms. The highest BCUT2D eigenvalue weighted by Crippen LogP contribution is 2.34. The van der Waals surface area contributed by atoms with E-state index in [0.29, 0.717) is 34.7 Å². The summed E-state index contributed by atoms with van der Waals surface area (Å²) in [6, 6.07) is 2.70. The maximum atomic E-state index is 11.9. The molecule has 3 heterocycles. The Morgan fingerprint density at radius 2 is 2.00 bits per heavy atom. The summed E-state index contributed by atoms with van der Waals surface area (Å²) < 4.78 is 5.35. The van der Waals surface area contributed by atoms with E-state index in [4.69, 9.17) is 10.2 Å². The Kier molecular flexibility index (Phi) is 5.49. The summed E-state index contributed by atoms with van der Waals surface area (Å²) in [7, 11) is 0. The van der Waals surface area contributed by atoms with Crippen molar-refractivity contribution < 1.29 is 14.6 Å².